The minimum Gasteiger partial charge on any atom is -0.497 e. The van der Waals surface area contributed by atoms with E-state index in [1.807, 2.05) is 54.6 Å². The first-order valence-electron chi connectivity index (χ1n) is 11.8. The van der Waals surface area contributed by atoms with E-state index >= 15 is 0 Å². The smallest absolute Gasteiger partial charge is 0.333 e. The van der Waals surface area contributed by atoms with Crippen LogP contribution in [-0.2, 0) is 22.5 Å². The van der Waals surface area contributed by atoms with Crippen LogP contribution >= 0.6 is 0 Å². The van der Waals surface area contributed by atoms with Gasteiger partial charge < -0.3 is 14.2 Å². The van der Waals surface area contributed by atoms with Crippen molar-refractivity contribution in [2.75, 3.05) is 41.1 Å². The van der Waals surface area contributed by atoms with Gasteiger partial charge in [-0.15, -0.1) is 0 Å². The second-order valence-corrected chi connectivity index (χ2v) is 8.91. The Morgan fingerprint density at radius 2 is 1.57 bits per heavy atom. The average molecular weight is 480 g/mol. The molecule has 2 aliphatic rings. The first kappa shape index (κ1) is 24.8. The summed E-state index contributed by atoms with van der Waals surface area (Å²) in [6.45, 7) is 2.15. The van der Waals surface area contributed by atoms with Gasteiger partial charge in [-0.2, -0.15) is 0 Å². The maximum absolute atomic E-state index is 13.6. The van der Waals surface area contributed by atoms with Crippen LogP contribution in [0.1, 0.15) is 24.0 Å². The Morgan fingerprint density at radius 3 is 2.17 bits per heavy atom. The minimum absolute atomic E-state index is 0.0840. The molecule has 2 aliphatic heterocycles. The standard InChI is InChI=1S/C27H33N3O5/c1-33-20-30-26(32)29(13-7-10-21-8-5-4-6-9-21)25(31)27(30)11-14-28(15-12-27)19-22-16-23(34-2)18-24(17-22)35-3/h4-9,13,16-18H,10-12,14-15,19-20H2,1-3H3/b13-7+. The Labute approximate surface area is 206 Å². The SMILES string of the molecule is COCN1C(=O)N(/C=C/Cc2ccccc2)C(=O)C12CCN(Cc1cc(OC)cc(OC)c1)CC2. The number of hydrogen-bond acceptors (Lipinski definition) is 6. The fourth-order valence-corrected chi connectivity index (χ4v) is 4.87. The summed E-state index contributed by atoms with van der Waals surface area (Å²) in [7, 11) is 4.82. The third-order valence-corrected chi connectivity index (χ3v) is 6.78. The number of allylic oxidation sites excluding steroid dienone is 1. The molecule has 0 bridgehead atoms. The van der Waals surface area contributed by atoms with Crippen molar-refractivity contribution in [3.63, 3.8) is 0 Å². The van der Waals surface area contributed by atoms with Gasteiger partial charge in [0.25, 0.3) is 5.91 Å². The summed E-state index contributed by atoms with van der Waals surface area (Å²) in [5.74, 6) is 1.31. The average Bonchev–Trinajstić information content (AvgIpc) is 3.07. The summed E-state index contributed by atoms with van der Waals surface area (Å²) in [4.78, 5) is 31.9. The summed E-state index contributed by atoms with van der Waals surface area (Å²) < 4.78 is 16.1. The highest BCUT2D eigenvalue weighted by molar-refractivity contribution is 6.08. The van der Waals surface area contributed by atoms with Crippen molar-refractivity contribution >= 4 is 11.9 Å². The summed E-state index contributed by atoms with van der Waals surface area (Å²) >= 11 is 0. The quantitative estimate of drug-likeness (QED) is 0.511. The summed E-state index contributed by atoms with van der Waals surface area (Å²) in [5.41, 5.74) is 1.31. The Bertz CT molecular complexity index is 1040. The Kier molecular flexibility index (Phi) is 7.73. The molecule has 8 heteroatoms. The van der Waals surface area contributed by atoms with Crippen molar-refractivity contribution < 1.29 is 23.8 Å². The molecule has 0 radical (unpaired) electrons. The lowest BCUT2D eigenvalue weighted by atomic mass is 9.86. The predicted molar refractivity (Wildman–Crippen MR) is 132 cm³/mol. The molecule has 0 N–H and O–H groups in total. The van der Waals surface area contributed by atoms with Crippen LogP contribution in [0.25, 0.3) is 0 Å². The third kappa shape index (κ3) is 5.18. The highest BCUT2D eigenvalue weighted by Crippen LogP contribution is 2.38. The topological polar surface area (TPSA) is 71.6 Å². The first-order valence-corrected chi connectivity index (χ1v) is 11.8. The first-order chi connectivity index (χ1) is 17.0. The number of rotatable bonds is 9. The zero-order valence-electron chi connectivity index (χ0n) is 20.6. The molecule has 0 atom stereocenters. The highest BCUT2D eigenvalue weighted by atomic mass is 16.5. The number of ether oxygens (including phenoxy) is 3. The molecule has 2 fully saturated rings. The van der Waals surface area contributed by atoms with Crippen molar-refractivity contribution in [3.05, 3.63) is 71.9 Å². The number of methoxy groups -OCH3 is 3. The Morgan fingerprint density at radius 1 is 0.914 bits per heavy atom. The fourth-order valence-electron chi connectivity index (χ4n) is 4.87. The molecule has 186 valence electrons. The molecule has 8 nitrogen and oxygen atoms in total. The lowest BCUT2D eigenvalue weighted by molar-refractivity contribution is -0.135. The maximum Gasteiger partial charge on any atom is 0.333 e. The largest absolute Gasteiger partial charge is 0.497 e. The second-order valence-electron chi connectivity index (χ2n) is 8.91. The van der Waals surface area contributed by atoms with E-state index in [0.717, 1.165) is 22.6 Å². The van der Waals surface area contributed by atoms with Crippen LogP contribution < -0.4 is 9.47 Å². The molecule has 1 spiro atoms. The third-order valence-electron chi connectivity index (χ3n) is 6.78. The van der Waals surface area contributed by atoms with Gasteiger partial charge in [-0.1, -0.05) is 36.4 Å². The number of imide groups is 1. The van der Waals surface area contributed by atoms with Gasteiger partial charge in [0.2, 0.25) is 0 Å². The highest BCUT2D eigenvalue weighted by Gasteiger charge is 2.57. The van der Waals surface area contributed by atoms with E-state index in [-0.39, 0.29) is 18.7 Å². The van der Waals surface area contributed by atoms with Gasteiger partial charge >= 0.3 is 6.03 Å². The molecular formula is C27H33N3O5. The van der Waals surface area contributed by atoms with Gasteiger partial charge in [-0.25, -0.2) is 9.69 Å². The fraction of sp³-hybridized carbons (Fsp3) is 0.407. The molecule has 35 heavy (non-hydrogen) atoms. The second kappa shape index (κ2) is 10.9. The number of benzene rings is 2. The number of carbonyl (C=O) groups excluding carboxylic acids is 2. The van der Waals surface area contributed by atoms with Crippen LogP contribution in [0.5, 0.6) is 11.5 Å². The van der Waals surface area contributed by atoms with E-state index in [9.17, 15) is 9.59 Å². The Balaban J connectivity index is 1.46. The summed E-state index contributed by atoms with van der Waals surface area (Å²) in [6.07, 6.45) is 5.22. The van der Waals surface area contributed by atoms with Crippen molar-refractivity contribution in [1.82, 2.24) is 14.7 Å². The molecular weight excluding hydrogens is 446 g/mol. The van der Waals surface area contributed by atoms with Crippen LogP contribution in [0.2, 0.25) is 0 Å². The molecule has 0 aliphatic carbocycles. The predicted octanol–water partition coefficient (Wildman–Crippen LogP) is 3.66. The van der Waals surface area contributed by atoms with Crippen molar-refractivity contribution in [2.24, 2.45) is 0 Å². The van der Waals surface area contributed by atoms with Gasteiger partial charge in [-0.3, -0.25) is 14.6 Å². The zero-order valence-corrected chi connectivity index (χ0v) is 20.6. The molecule has 2 saturated heterocycles. The van der Waals surface area contributed by atoms with E-state index < -0.39 is 5.54 Å². The zero-order chi connectivity index (χ0) is 24.8. The van der Waals surface area contributed by atoms with Gasteiger partial charge in [0.1, 0.15) is 23.8 Å². The lowest BCUT2D eigenvalue weighted by Crippen LogP contribution is -2.56. The van der Waals surface area contributed by atoms with E-state index in [1.165, 1.54) is 4.90 Å². The van der Waals surface area contributed by atoms with Gasteiger partial charge in [0, 0.05) is 39.0 Å². The van der Waals surface area contributed by atoms with Crippen LogP contribution in [0, 0.1) is 0 Å². The number of carbonyl (C=O) groups is 2. The minimum atomic E-state index is -0.882. The van der Waals surface area contributed by atoms with Crippen molar-refractivity contribution in [2.45, 2.75) is 31.3 Å². The maximum atomic E-state index is 13.6. The van der Waals surface area contributed by atoms with Crippen LogP contribution in [0.3, 0.4) is 0 Å². The number of urea groups is 1. The van der Waals surface area contributed by atoms with Crippen LogP contribution in [0.4, 0.5) is 4.79 Å². The number of nitrogens with zero attached hydrogens (tertiary/aromatic N) is 3. The lowest BCUT2D eigenvalue weighted by Gasteiger charge is -2.41. The van der Waals surface area contributed by atoms with Crippen LogP contribution in [-0.4, -0.2) is 73.3 Å². The van der Waals surface area contributed by atoms with E-state index in [1.54, 1.807) is 32.4 Å². The molecule has 2 heterocycles. The summed E-state index contributed by atoms with van der Waals surface area (Å²) in [5, 5.41) is 0. The molecule has 0 unspecified atom stereocenters. The molecule has 0 saturated carbocycles. The summed E-state index contributed by atoms with van der Waals surface area (Å²) in [6, 6.07) is 15.5. The number of hydrogen-bond donors (Lipinski definition) is 0. The molecule has 2 aromatic carbocycles. The molecule has 4 rings (SSSR count). The number of likely N-dealkylation sites (tertiary alicyclic amines) is 1. The van der Waals surface area contributed by atoms with E-state index in [4.69, 9.17) is 14.2 Å². The normalized spacial score (nSPS) is 18.1. The van der Waals surface area contributed by atoms with Crippen molar-refractivity contribution in [3.8, 4) is 11.5 Å². The van der Waals surface area contributed by atoms with E-state index in [0.29, 0.717) is 38.9 Å². The van der Waals surface area contributed by atoms with E-state index in [2.05, 4.69) is 4.90 Å². The monoisotopic (exact) mass is 479 g/mol. The van der Waals surface area contributed by atoms with Gasteiger partial charge in [0.05, 0.1) is 14.2 Å². The molecule has 2 aromatic rings. The number of amides is 3. The van der Waals surface area contributed by atoms with Gasteiger partial charge in [-0.05, 0) is 42.5 Å². The van der Waals surface area contributed by atoms with Crippen LogP contribution in [0.15, 0.2) is 60.8 Å². The molecule has 3 amide bonds. The molecule has 0 aromatic heterocycles. The van der Waals surface area contributed by atoms with Gasteiger partial charge in [0.15, 0.2) is 0 Å². The number of piperidine rings is 1. The Hall–Kier alpha value is -3.36. The van der Waals surface area contributed by atoms with Crippen molar-refractivity contribution in [1.29, 1.82) is 0 Å².